The van der Waals surface area contributed by atoms with Crippen LogP contribution in [0.4, 0.5) is 4.79 Å². The molecule has 1 saturated heterocycles. The van der Waals surface area contributed by atoms with Gasteiger partial charge in [-0.05, 0) is 45.1 Å². The minimum atomic E-state index is -1.00. The molecule has 2 fully saturated rings. The van der Waals surface area contributed by atoms with Crippen LogP contribution in [0, 0.1) is 0 Å². The third kappa shape index (κ3) is 3.23. The second-order valence-electron chi connectivity index (χ2n) is 5.76. The van der Waals surface area contributed by atoms with E-state index < -0.39 is 11.5 Å². The van der Waals surface area contributed by atoms with Crippen molar-refractivity contribution in [1.82, 2.24) is 15.5 Å². The number of carboxylic acids is 1. The number of amides is 2. The van der Waals surface area contributed by atoms with Crippen molar-refractivity contribution in [2.45, 2.75) is 57.0 Å². The zero-order valence-corrected chi connectivity index (χ0v) is 12.2. The summed E-state index contributed by atoms with van der Waals surface area (Å²) in [5.74, 6) is -0.886. The van der Waals surface area contributed by atoms with Gasteiger partial charge in [-0.2, -0.15) is 0 Å². The molecule has 0 spiro atoms. The molecule has 1 aliphatic heterocycles. The minimum Gasteiger partial charge on any atom is -0.479 e. The number of carbonyl (C=O) groups excluding carboxylic acids is 1. The highest BCUT2D eigenvalue weighted by Crippen LogP contribution is 2.32. The van der Waals surface area contributed by atoms with E-state index >= 15 is 0 Å². The highest BCUT2D eigenvalue weighted by molar-refractivity contribution is 5.87. The third-order valence-electron chi connectivity index (χ3n) is 4.36. The quantitative estimate of drug-likeness (QED) is 0.613. The molecule has 1 atom stereocenters. The first-order valence-corrected chi connectivity index (χ1v) is 7.62. The van der Waals surface area contributed by atoms with Crippen molar-refractivity contribution in [2.24, 2.45) is 0 Å². The molecule has 1 saturated carbocycles. The van der Waals surface area contributed by atoms with Gasteiger partial charge in [0.15, 0.2) is 0 Å². The van der Waals surface area contributed by atoms with Crippen LogP contribution in [0.25, 0.3) is 0 Å². The Labute approximate surface area is 119 Å². The van der Waals surface area contributed by atoms with Crippen molar-refractivity contribution in [3.05, 3.63) is 0 Å². The minimum absolute atomic E-state index is 0.238. The number of aliphatic carboxylic acids is 1. The van der Waals surface area contributed by atoms with Gasteiger partial charge in [-0.3, -0.25) is 0 Å². The summed E-state index contributed by atoms with van der Waals surface area (Å²) in [5, 5.41) is 15.7. The monoisotopic (exact) mass is 283 g/mol. The van der Waals surface area contributed by atoms with Crippen molar-refractivity contribution in [1.29, 1.82) is 0 Å². The Morgan fingerprint density at radius 1 is 1.35 bits per heavy atom. The second-order valence-corrected chi connectivity index (χ2v) is 5.76. The number of carbonyl (C=O) groups is 2. The van der Waals surface area contributed by atoms with Gasteiger partial charge in [-0.15, -0.1) is 0 Å². The maximum Gasteiger partial charge on any atom is 0.329 e. The molecule has 0 bridgehead atoms. The van der Waals surface area contributed by atoms with E-state index in [1.54, 1.807) is 0 Å². The van der Waals surface area contributed by atoms with Crippen LogP contribution in [0.15, 0.2) is 0 Å². The first kappa shape index (κ1) is 15.1. The van der Waals surface area contributed by atoms with Crippen molar-refractivity contribution in [3.8, 4) is 0 Å². The van der Waals surface area contributed by atoms with Crippen LogP contribution in [-0.2, 0) is 4.79 Å². The molecule has 0 aromatic heterocycles. The summed E-state index contributed by atoms with van der Waals surface area (Å²) in [6, 6.07) is 0.446. The molecule has 0 aromatic rings. The van der Waals surface area contributed by atoms with E-state index in [1.807, 2.05) is 6.92 Å². The van der Waals surface area contributed by atoms with Gasteiger partial charge in [-0.25, -0.2) is 9.59 Å². The fraction of sp³-hybridized carbons (Fsp3) is 0.857. The Hall–Kier alpha value is -1.30. The predicted octanol–water partition coefficient (Wildman–Crippen LogP) is 1.17. The van der Waals surface area contributed by atoms with Crippen molar-refractivity contribution in [3.63, 3.8) is 0 Å². The highest BCUT2D eigenvalue weighted by Gasteiger charge is 2.48. The van der Waals surface area contributed by atoms with E-state index in [0.717, 1.165) is 19.4 Å². The topological polar surface area (TPSA) is 81.7 Å². The van der Waals surface area contributed by atoms with Crippen molar-refractivity contribution < 1.29 is 14.7 Å². The smallest absolute Gasteiger partial charge is 0.329 e. The summed E-state index contributed by atoms with van der Waals surface area (Å²) in [6.07, 6.45) is 5.17. The number of nitrogens with zero attached hydrogens (tertiary/aromatic N) is 1. The van der Waals surface area contributed by atoms with Crippen LogP contribution < -0.4 is 10.6 Å². The van der Waals surface area contributed by atoms with Crippen molar-refractivity contribution in [2.75, 3.05) is 19.6 Å². The normalized spacial score (nSPS) is 25.8. The number of hydrogen-bond donors (Lipinski definition) is 3. The Kier molecular flexibility index (Phi) is 4.86. The summed E-state index contributed by atoms with van der Waals surface area (Å²) in [5.41, 5.74) is -1.00. The van der Waals surface area contributed by atoms with Crippen LogP contribution in [0.3, 0.4) is 0 Å². The standard InChI is InChI=1S/C14H25N3O3/c1-2-14(12(18)19)7-3-10-17(14)13(20)16-9-4-8-15-11-5-6-11/h11,15H,2-10H2,1H3,(H,16,20)(H,18,19). The van der Waals surface area contributed by atoms with Crippen LogP contribution in [0.2, 0.25) is 0 Å². The molecule has 3 N–H and O–H groups in total. The Morgan fingerprint density at radius 3 is 2.70 bits per heavy atom. The molecule has 1 aliphatic carbocycles. The summed E-state index contributed by atoms with van der Waals surface area (Å²) in [7, 11) is 0. The molecule has 6 nitrogen and oxygen atoms in total. The molecule has 1 heterocycles. The average molecular weight is 283 g/mol. The van der Waals surface area contributed by atoms with E-state index in [1.165, 1.54) is 17.7 Å². The molecule has 2 aliphatic rings. The lowest BCUT2D eigenvalue weighted by molar-refractivity contribution is -0.148. The molecule has 0 aromatic carbocycles. The van der Waals surface area contributed by atoms with Crippen LogP contribution in [0.1, 0.15) is 45.4 Å². The lowest BCUT2D eigenvalue weighted by atomic mass is 9.93. The number of hydrogen-bond acceptors (Lipinski definition) is 3. The predicted molar refractivity (Wildman–Crippen MR) is 75.6 cm³/mol. The molecule has 6 heteroatoms. The molecule has 1 unspecified atom stereocenters. The van der Waals surface area contributed by atoms with E-state index in [0.29, 0.717) is 32.0 Å². The van der Waals surface area contributed by atoms with Gasteiger partial charge in [-0.1, -0.05) is 6.92 Å². The molecule has 114 valence electrons. The molecule has 2 rings (SSSR count). The van der Waals surface area contributed by atoms with E-state index in [4.69, 9.17) is 0 Å². The highest BCUT2D eigenvalue weighted by atomic mass is 16.4. The van der Waals surface area contributed by atoms with Gasteiger partial charge in [0.2, 0.25) is 0 Å². The Morgan fingerprint density at radius 2 is 2.10 bits per heavy atom. The van der Waals surface area contributed by atoms with Crippen LogP contribution >= 0.6 is 0 Å². The number of urea groups is 1. The fourth-order valence-corrected chi connectivity index (χ4v) is 2.89. The van der Waals surface area contributed by atoms with Crippen LogP contribution in [-0.4, -0.2) is 53.2 Å². The van der Waals surface area contributed by atoms with Crippen molar-refractivity contribution >= 4 is 12.0 Å². The first-order valence-electron chi connectivity index (χ1n) is 7.62. The SMILES string of the molecule is CCC1(C(=O)O)CCCN1C(=O)NCCCNC1CC1. The zero-order valence-electron chi connectivity index (χ0n) is 12.2. The van der Waals surface area contributed by atoms with Gasteiger partial charge in [0, 0.05) is 19.1 Å². The maximum absolute atomic E-state index is 12.2. The average Bonchev–Trinajstić information content (AvgIpc) is 3.14. The van der Waals surface area contributed by atoms with Gasteiger partial charge in [0.05, 0.1) is 0 Å². The number of likely N-dealkylation sites (tertiary alicyclic amines) is 1. The second kappa shape index (κ2) is 6.43. The molecule has 2 amide bonds. The largest absolute Gasteiger partial charge is 0.479 e. The third-order valence-corrected chi connectivity index (χ3v) is 4.36. The number of rotatable bonds is 7. The molecule has 20 heavy (non-hydrogen) atoms. The Balaban J connectivity index is 1.76. The number of carboxylic acid groups (broad SMARTS) is 1. The van der Waals surface area contributed by atoms with E-state index in [-0.39, 0.29) is 6.03 Å². The summed E-state index contributed by atoms with van der Waals surface area (Å²) >= 11 is 0. The first-order chi connectivity index (χ1) is 9.60. The summed E-state index contributed by atoms with van der Waals surface area (Å²) in [6.45, 7) is 3.86. The summed E-state index contributed by atoms with van der Waals surface area (Å²) in [4.78, 5) is 25.2. The molecular formula is C14H25N3O3. The van der Waals surface area contributed by atoms with Gasteiger partial charge in [0.1, 0.15) is 5.54 Å². The van der Waals surface area contributed by atoms with Crippen LogP contribution in [0.5, 0.6) is 0 Å². The van der Waals surface area contributed by atoms with Gasteiger partial charge >= 0.3 is 12.0 Å². The Bertz CT molecular complexity index is 371. The van der Waals surface area contributed by atoms with E-state index in [9.17, 15) is 14.7 Å². The fourth-order valence-electron chi connectivity index (χ4n) is 2.89. The number of nitrogens with one attached hydrogen (secondary N) is 2. The molecular weight excluding hydrogens is 258 g/mol. The van der Waals surface area contributed by atoms with Gasteiger partial charge < -0.3 is 20.6 Å². The zero-order chi connectivity index (χ0) is 14.6. The lowest BCUT2D eigenvalue weighted by Gasteiger charge is -2.33. The van der Waals surface area contributed by atoms with E-state index in [2.05, 4.69) is 10.6 Å². The summed E-state index contributed by atoms with van der Waals surface area (Å²) < 4.78 is 0. The van der Waals surface area contributed by atoms with Gasteiger partial charge in [0.25, 0.3) is 0 Å². The lowest BCUT2D eigenvalue weighted by Crippen LogP contribution is -2.55. The molecule has 0 radical (unpaired) electrons. The maximum atomic E-state index is 12.2.